The molecule has 2 aromatic rings. The van der Waals surface area contributed by atoms with Gasteiger partial charge < -0.3 is 19.2 Å². The number of aromatic nitrogens is 3. The molecule has 3 heterocycles. The fourth-order valence-electron chi connectivity index (χ4n) is 3.51. The molecule has 1 saturated heterocycles. The lowest BCUT2D eigenvalue weighted by atomic mass is 9.91. The average Bonchev–Trinajstić information content (AvgIpc) is 3.19. The number of carbonyl (C=O) groups excluding carboxylic acids is 1. The first kappa shape index (κ1) is 16.8. The van der Waals surface area contributed by atoms with Gasteiger partial charge in [0.25, 0.3) is 5.91 Å². The molecule has 1 aliphatic rings. The van der Waals surface area contributed by atoms with E-state index >= 15 is 0 Å². The Morgan fingerprint density at radius 2 is 2.17 bits per heavy atom. The normalized spacial score (nSPS) is 17.0. The fraction of sp³-hybridized carbons (Fsp3) is 0.556. The lowest BCUT2D eigenvalue weighted by Gasteiger charge is -2.31. The van der Waals surface area contributed by atoms with Crippen LogP contribution in [-0.4, -0.2) is 33.2 Å². The molecule has 0 bridgehead atoms. The Morgan fingerprint density at radius 3 is 2.79 bits per heavy atom. The zero-order valence-corrected chi connectivity index (χ0v) is 14.7. The van der Waals surface area contributed by atoms with Crippen LogP contribution in [0.3, 0.4) is 0 Å². The van der Waals surface area contributed by atoms with E-state index in [1.165, 1.54) is 0 Å². The van der Waals surface area contributed by atoms with Crippen LogP contribution in [0, 0.1) is 12.8 Å². The van der Waals surface area contributed by atoms with Crippen molar-refractivity contribution >= 4 is 5.91 Å². The number of rotatable bonds is 5. The molecule has 0 saturated carbocycles. The predicted molar refractivity (Wildman–Crippen MR) is 91.8 cm³/mol. The second-order valence-corrected chi connectivity index (χ2v) is 6.43. The van der Waals surface area contributed by atoms with Gasteiger partial charge in [-0.25, -0.2) is 4.98 Å². The molecular formula is C18H26N4O2. The SMILES string of the molecule is CCn1ccnc1[C@H](NC(=O)c1c(C)ccn1C)C1CCOCC1. The van der Waals surface area contributed by atoms with Gasteiger partial charge in [-0.05, 0) is 44.2 Å². The topological polar surface area (TPSA) is 61.1 Å². The van der Waals surface area contributed by atoms with Crippen LogP contribution in [0.5, 0.6) is 0 Å². The largest absolute Gasteiger partial charge is 0.381 e. The van der Waals surface area contributed by atoms with Gasteiger partial charge >= 0.3 is 0 Å². The Hall–Kier alpha value is -2.08. The van der Waals surface area contributed by atoms with Crippen LogP contribution >= 0.6 is 0 Å². The highest BCUT2D eigenvalue weighted by Crippen LogP contribution is 2.30. The number of imidazole rings is 1. The number of carbonyl (C=O) groups is 1. The number of aryl methyl sites for hydroxylation is 3. The van der Waals surface area contributed by atoms with Gasteiger partial charge in [-0.2, -0.15) is 0 Å². The number of hydrogen-bond acceptors (Lipinski definition) is 3. The summed E-state index contributed by atoms with van der Waals surface area (Å²) < 4.78 is 9.48. The van der Waals surface area contributed by atoms with Crippen LogP contribution in [0.25, 0.3) is 0 Å². The van der Waals surface area contributed by atoms with Crippen LogP contribution < -0.4 is 5.32 Å². The molecule has 6 nitrogen and oxygen atoms in total. The minimum Gasteiger partial charge on any atom is -0.381 e. The van der Waals surface area contributed by atoms with Crippen LogP contribution in [0.15, 0.2) is 24.7 Å². The molecule has 1 fully saturated rings. The molecular weight excluding hydrogens is 304 g/mol. The van der Waals surface area contributed by atoms with Crippen molar-refractivity contribution in [2.75, 3.05) is 13.2 Å². The molecule has 1 amide bonds. The Balaban J connectivity index is 1.88. The van der Waals surface area contributed by atoms with Crippen molar-refractivity contribution in [1.82, 2.24) is 19.4 Å². The second-order valence-electron chi connectivity index (χ2n) is 6.43. The van der Waals surface area contributed by atoms with E-state index in [2.05, 4.69) is 21.8 Å². The van der Waals surface area contributed by atoms with Crippen LogP contribution in [0.2, 0.25) is 0 Å². The summed E-state index contributed by atoms with van der Waals surface area (Å²) in [6, 6.07) is 1.87. The number of hydrogen-bond donors (Lipinski definition) is 1. The smallest absolute Gasteiger partial charge is 0.268 e. The highest BCUT2D eigenvalue weighted by Gasteiger charge is 2.31. The molecule has 3 rings (SSSR count). The van der Waals surface area contributed by atoms with E-state index in [1.54, 1.807) is 0 Å². The quantitative estimate of drug-likeness (QED) is 0.916. The first-order valence-electron chi connectivity index (χ1n) is 8.63. The van der Waals surface area contributed by atoms with Crippen molar-refractivity contribution in [2.24, 2.45) is 13.0 Å². The first-order valence-corrected chi connectivity index (χ1v) is 8.63. The number of nitrogens with one attached hydrogen (secondary N) is 1. The van der Waals surface area contributed by atoms with Crippen molar-refractivity contribution in [1.29, 1.82) is 0 Å². The maximum Gasteiger partial charge on any atom is 0.268 e. The Bertz CT molecular complexity index is 678. The van der Waals surface area contributed by atoms with Gasteiger partial charge in [-0.3, -0.25) is 4.79 Å². The average molecular weight is 330 g/mol. The lowest BCUT2D eigenvalue weighted by molar-refractivity contribution is 0.0497. The van der Waals surface area contributed by atoms with Crippen molar-refractivity contribution in [3.05, 3.63) is 41.7 Å². The van der Waals surface area contributed by atoms with E-state index in [9.17, 15) is 4.79 Å². The van der Waals surface area contributed by atoms with Gasteiger partial charge in [0.15, 0.2) is 0 Å². The molecule has 130 valence electrons. The maximum absolute atomic E-state index is 12.9. The molecule has 2 aromatic heterocycles. The third-order valence-electron chi connectivity index (χ3n) is 4.88. The van der Waals surface area contributed by atoms with Gasteiger partial charge in [0, 0.05) is 45.4 Å². The zero-order valence-electron chi connectivity index (χ0n) is 14.7. The molecule has 0 radical (unpaired) electrons. The minimum atomic E-state index is -0.0920. The number of amides is 1. The van der Waals surface area contributed by atoms with Crippen LogP contribution in [-0.2, 0) is 18.3 Å². The van der Waals surface area contributed by atoms with Crippen molar-refractivity contribution in [3.63, 3.8) is 0 Å². The van der Waals surface area contributed by atoms with Gasteiger partial charge in [-0.1, -0.05) is 0 Å². The van der Waals surface area contributed by atoms with Gasteiger partial charge in [0.05, 0.1) is 6.04 Å². The summed E-state index contributed by atoms with van der Waals surface area (Å²) in [5, 5.41) is 3.25. The second kappa shape index (κ2) is 7.21. The van der Waals surface area contributed by atoms with E-state index in [4.69, 9.17) is 4.74 Å². The van der Waals surface area contributed by atoms with Gasteiger partial charge in [0.2, 0.25) is 0 Å². The van der Waals surface area contributed by atoms with Crippen molar-refractivity contribution in [3.8, 4) is 0 Å². The molecule has 0 aromatic carbocycles. The number of ether oxygens (including phenoxy) is 1. The molecule has 0 spiro atoms. The van der Waals surface area contributed by atoms with Crippen LogP contribution in [0.1, 0.15) is 47.7 Å². The number of nitrogens with zero attached hydrogens (tertiary/aromatic N) is 3. The first-order chi connectivity index (χ1) is 11.6. The third-order valence-corrected chi connectivity index (χ3v) is 4.88. The summed E-state index contributed by atoms with van der Waals surface area (Å²) in [6.45, 7) is 6.38. The third kappa shape index (κ3) is 3.24. The minimum absolute atomic E-state index is 0.0397. The highest BCUT2D eigenvalue weighted by atomic mass is 16.5. The summed E-state index contributed by atoms with van der Waals surface area (Å²) in [5.74, 6) is 1.24. The standard InChI is InChI=1S/C18H26N4O2/c1-4-22-10-8-19-17(22)15(14-6-11-24-12-7-14)20-18(23)16-13(2)5-9-21(16)3/h5,8-10,14-15H,4,6-7,11-12H2,1-3H3,(H,20,23)/t15-/m1/s1. The molecule has 1 atom stereocenters. The Labute approximate surface area is 142 Å². The van der Waals surface area contributed by atoms with Gasteiger partial charge in [0.1, 0.15) is 11.5 Å². The molecule has 1 aliphatic heterocycles. The fourth-order valence-corrected chi connectivity index (χ4v) is 3.51. The molecule has 0 aliphatic carbocycles. The molecule has 6 heteroatoms. The van der Waals surface area contributed by atoms with E-state index in [0.29, 0.717) is 11.6 Å². The zero-order chi connectivity index (χ0) is 17.1. The van der Waals surface area contributed by atoms with E-state index in [0.717, 1.165) is 44.0 Å². The molecule has 24 heavy (non-hydrogen) atoms. The summed E-state index contributed by atoms with van der Waals surface area (Å²) in [6.07, 6.45) is 7.58. The molecule has 1 N–H and O–H groups in total. The van der Waals surface area contributed by atoms with Crippen molar-refractivity contribution in [2.45, 2.75) is 39.3 Å². The maximum atomic E-state index is 12.9. The van der Waals surface area contributed by atoms with E-state index in [-0.39, 0.29) is 11.9 Å². The van der Waals surface area contributed by atoms with Crippen LogP contribution in [0.4, 0.5) is 0 Å². The highest BCUT2D eigenvalue weighted by molar-refractivity contribution is 5.94. The molecule has 0 unspecified atom stereocenters. The predicted octanol–water partition coefficient (Wildman–Crippen LogP) is 2.45. The summed E-state index contributed by atoms with van der Waals surface area (Å²) in [4.78, 5) is 17.4. The Morgan fingerprint density at radius 1 is 1.42 bits per heavy atom. The monoisotopic (exact) mass is 330 g/mol. The van der Waals surface area contributed by atoms with Crippen molar-refractivity contribution < 1.29 is 9.53 Å². The Kier molecular flexibility index (Phi) is 5.04. The van der Waals surface area contributed by atoms with E-state index < -0.39 is 0 Å². The lowest BCUT2D eigenvalue weighted by Crippen LogP contribution is -2.38. The summed E-state index contributed by atoms with van der Waals surface area (Å²) in [5.41, 5.74) is 1.70. The van der Waals surface area contributed by atoms with E-state index in [1.807, 2.05) is 43.2 Å². The van der Waals surface area contributed by atoms with Gasteiger partial charge in [-0.15, -0.1) is 0 Å². The summed E-state index contributed by atoms with van der Waals surface area (Å²) >= 11 is 0. The summed E-state index contributed by atoms with van der Waals surface area (Å²) in [7, 11) is 1.90.